The lowest BCUT2D eigenvalue weighted by Gasteiger charge is -2.37. The van der Waals surface area contributed by atoms with Crippen molar-refractivity contribution >= 4 is 56.4 Å². The van der Waals surface area contributed by atoms with E-state index in [1.807, 2.05) is 4.90 Å². The summed E-state index contributed by atoms with van der Waals surface area (Å²) in [6.07, 6.45) is 2.13. The number of thiophene rings is 1. The molecule has 8 heteroatoms. The van der Waals surface area contributed by atoms with E-state index in [1.54, 1.807) is 29.4 Å². The van der Waals surface area contributed by atoms with Crippen molar-refractivity contribution in [2.24, 2.45) is 0 Å². The van der Waals surface area contributed by atoms with E-state index in [9.17, 15) is 4.79 Å². The lowest BCUT2D eigenvalue weighted by Crippen LogP contribution is -2.49. The molecule has 6 rings (SSSR count). The van der Waals surface area contributed by atoms with Gasteiger partial charge in [-0.3, -0.25) is 4.79 Å². The van der Waals surface area contributed by atoms with Gasteiger partial charge in [-0.05, 0) is 35.7 Å². The zero-order chi connectivity index (χ0) is 22.2. The summed E-state index contributed by atoms with van der Waals surface area (Å²) in [6.45, 7) is 3.70. The second kappa shape index (κ2) is 8.68. The van der Waals surface area contributed by atoms with Crippen LogP contribution in [0.25, 0.3) is 10.2 Å². The van der Waals surface area contributed by atoms with Gasteiger partial charge in [0.15, 0.2) is 0 Å². The standard InChI is InChI=1S/C25H23N5OS2/c31-23(28-12-14-29(15-13-28)24-18-10-16-32-25(18)27-17-26-24)9-11-30-19-5-1-3-7-21(19)33-22-8-4-2-6-20(22)30/h1-8,10,16-17H,9,11-15H2. The van der Waals surface area contributed by atoms with Crippen molar-refractivity contribution in [3.05, 3.63) is 66.3 Å². The molecule has 0 bridgehead atoms. The molecular weight excluding hydrogens is 450 g/mol. The predicted molar refractivity (Wildman–Crippen MR) is 135 cm³/mol. The van der Waals surface area contributed by atoms with Crippen molar-refractivity contribution in [3.63, 3.8) is 0 Å². The van der Waals surface area contributed by atoms with Crippen LogP contribution in [0.3, 0.4) is 0 Å². The molecule has 2 aliphatic rings. The van der Waals surface area contributed by atoms with Gasteiger partial charge in [0.05, 0.1) is 16.8 Å². The second-order valence-electron chi connectivity index (χ2n) is 8.14. The molecule has 166 valence electrons. The highest BCUT2D eigenvalue weighted by molar-refractivity contribution is 7.99. The number of carbonyl (C=O) groups excluding carboxylic acids is 1. The van der Waals surface area contributed by atoms with E-state index in [2.05, 4.69) is 79.7 Å². The van der Waals surface area contributed by atoms with Crippen LogP contribution in [0, 0.1) is 0 Å². The average molecular weight is 474 g/mol. The van der Waals surface area contributed by atoms with E-state index in [1.165, 1.54) is 21.2 Å². The van der Waals surface area contributed by atoms with Crippen molar-refractivity contribution in [3.8, 4) is 0 Å². The zero-order valence-corrected chi connectivity index (χ0v) is 19.7. The van der Waals surface area contributed by atoms with Crippen molar-refractivity contribution in [1.29, 1.82) is 0 Å². The van der Waals surface area contributed by atoms with Crippen LogP contribution in [0.2, 0.25) is 0 Å². The molecule has 0 spiro atoms. The van der Waals surface area contributed by atoms with E-state index < -0.39 is 0 Å². The number of nitrogens with zero attached hydrogens (tertiary/aromatic N) is 5. The summed E-state index contributed by atoms with van der Waals surface area (Å²) in [7, 11) is 0. The van der Waals surface area contributed by atoms with Crippen LogP contribution in [0.4, 0.5) is 17.2 Å². The van der Waals surface area contributed by atoms with Crippen LogP contribution in [0.15, 0.2) is 76.1 Å². The first-order chi connectivity index (χ1) is 16.3. The number of anilines is 3. The molecule has 0 N–H and O–H groups in total. The molecule has 0 saturated carbocycles. The van der Waals surface area contributed by atoms with Crippen molar-refractivity contribution < 1.29 is 4.79 Å². The Morgan fingerprint density at radius 1 is 0.879 bits per heavy atom. The fraction of sp³-hybridized carbons (Fsp3) is 0.240. The molecule has 33 heavy (non-hydrogen) atoms. The number of piperazine rings is 1. The van der Waals surface area contributed by atoms with Crippen LogP contribution in [0.5, 0.6) is 0 Å². The van der Waals surface area contributed by atoms with E-state index in [0.29, 0.717) is 13.0 Å². The van der Waals surface area contributed by atoms with Gasteiger partial charge in [0.25, 0.3) is 0 Å². The summed E-state index contributed by atoms with van der Waals surface area (Å²) in [5.74, 6) is 1.19. The van der Waals surface area contributed by atoms with Gasteiger partial charge in [-0.25, -0.2) is 9.97 Å². The number of hydrogen-bond donors (Lipinski definition) is 0. The molecule has 1 saturated heterocycles. The molecule has 0 radical (unpaired) electrons. The van der Waals surface area contributed by atoms with Crippen LogP contribution in [0.1, 0.15) is 6.42 Å². The molecule has 2 aromatic carbocycles. The molecule has 6 nitrogen and oxygen atoms in total. The van der Waals surface area contributed by atoms with Gasteiger partial charge in [0.2, 0.25) is 5.91 Å². The van der Waals surface area contributed by atoms with Gasteiger partial charge in [-0.15, -0.1) is 11.3 Å². The summed E-state index contributed by atoms with van der Waals surface area (Å²) in [5.41, 5.74) is 2.37. The smallest absolute Gasteiger partial charge is 0.224 e. The van der Waals surface area contributed by atoms with Gasteiger partial charge in [-0.1, -0.05) is 36.0 Å². The third-order valence-electron chi connectivity index (χ3n) is 6.25. The third-order valence-corrected chi connectivity index (χ3v) is 8.20. The minimum atomic E-state index is 0.214. The van der Waals surface area contributed by atoms with E-state index >= 15 is 0 Å². The summed E-state index contributed by atoms with van der Waals surface area (Å²) >= 11 is 3.43. The molecule has 0 aliphatic carbocycles. The van der Waals surface area contributed by atoms with E-state index in [0.717, 1.165) is 42.2 Å². The first-order valence-corrected chi connectivity index (χ1v) is 12.8. The van der Waals surface area contributed by atoms with Crippen LogP contribution in [-0.4, -0.2) is 53.5 Å². The Kier molecular flexibility index (Phi) is 5.39. The second-order valence-corrected chi connectivity index (χ2v) is 10.1. The highest BCUT2D eigenvalue weighted by Crippen LogP contribution is 2.47. The van der Waals surface area contributed by atoms with Crippen molar-refractivity contribution in [1.82, 2.24) is 14.9 Å². The monoisotopic (exact) mass is 473 g/mol. The SMILES string of the molecule is O=C(CCN1c2ccccc2Sc2ccccc21)N1CCN(c2ncnc3sccc23)CC1. The van der Waals surface area contributed by atoms with Gasteiger partial charge < -0.3 is 14.7 Å². The number of benzene rings is 2. The first kappa shape index (κ1) is 20.5. The number of carbonyl (C=O) groups is 1. The lowest BCUT2D eigenvalue weighted by molar-refractivity contribution is -0.131. The minimum Gasteiger partial charge on any atom is -0.352 e. The Labute approximate surface area is 200 Å². The maximum atomic E-state index is 13.1. The lowest BCUT2D eigenvalue weighted by atomic mass is 10.2. The highest BCUT2D eigenvalue weighted by Gasteiger charge is 2.26. The van der Waals surface area contributed by atoms with Crippen LogP contribution in [-0.2, 0) is 4.79 Å². The predicted octanol–water partition coefficient (Wildman–Crippen LogP) is 5.03. The first-order valence-electron chi connectivity index (χ1n) is 11.1. The maximum absolute atomic E-state index is 13.1. The van der Waals surface area contributed by atoms with Gasteiger partial charge in [0.1, 0.15) is 17.0 Å². The molecule has 4 heterocycles. The van der Waals surface area contributed by atoms with Crippen molar-refractivity contribution in [2.45, 2.75) is 16.2 Å². The highest BCUT2D eigenvalue weighted by atomic mass is 32.2. The molecule has 1 fully saturated rings. The fourth-order valence-corrected chi connectivity index (χ4v) is 6.41. The summed E-state index contributed by atoms with van der Waals surface area (Å²) in [4.78, 5) is 32.1. The zero-order valence-electron chi connectivity index (χ0n) is 18.1. The number of aromatic nitrogens is 2. The van der Waals surface area contributed by atoms with Crippen LogP contribution < -0.4 is 9.80 Å². The molecule has 0 unspecified atom stereocenters. The molecular formula is C25H23N5OS2. The summed E-state index contributed by atoms with van der Waals surface area (Å²) in [6, 6.07) is 19.0. The Morgan fingerprint density at radius 2 is 1.58 bits per heavy atom. The number of para-hydroxylation sites is 2. The fourth-order valence-electron chi connectivity index (χ4n) is 4.58. The van der Waals surface area contributed by atoms with Crippen LogP contribution >= 0.6 is 23.1 Å². The minimum absolute atomic E-state index is 0.214. The largest absolute Gasteiger partial charge is 0.352 e. The topological polar surface area (TPSA) is 52.6 Å². The molecule has 1 amide bonds. The molecule has 4 aromatic rings. The Morgan fingerprint density at radius 3 is 2.30 bits per heavy atom. The normalized spacial score (nSPS) is 15.5. The third kappa shape index (κ3) is 3.83. The Bertz CT molecular complexity index is 1270. The summed E-state index contributed by atoms with van der Waals surface area (Å²) in [5, 5.41) is 3.15. The number of rotatable bonds is 4. The van der Waals surface area contributed by atoms with E-state index in [-0.39, 0.29) is 5.91 Å². The number of hydrogen-bond acceptors (Lipinski definition) is 7. The van der Waals surface area contributed by atoms with Gasteiger partial charge >= 0.3 is 0 Å². The molecule has 0 atom stereocenters. The maximum Gasteiger partial charge on any atom is 0.224 e. The van der Waals surface area contributed by atoms with E-state index in [4.69, 9.17) is 0 Å². The number of amides is 1. The summed E-state index contributed by atoms with van der Waals surface area (Å²) < 4.78 is 0. The average Bonchev–Trinajstić information content (AvgIpc) is 3.36. The molecule has 2 aliphatic heterocycles. The van der Waals surface area contributed by atoms with Crippen molar-refractivity contribution in [2.75, 3.05) is 42.5 Å². The Hall–Kier alpha value is -3.10. The van der Waals surface area contributed by atoms with Gasteiger partial charge in [-0.2, -0.15) is 0 Å². The number of fused-ring (bicyclic) bond motifs is 3. The van der Waals surface area contributed by atoms with Gasteiger partial charge in [0, 0.05) is 48.9 Å². The Balaban J connectivity index is 1.13. The molecule has 2 aromatic heterocycles. The quantitative estimate of drug-likeness (QED) is 0.414.